The minimum absolute atomic E-state index is 0.342. The second-order valence-electron chi connectivity index (χ2n) is 6.60. The van der Waals surface area contributed by atoms with Gasteiger partial charge in [0.2, 0.25) is 0 Å². The van der Waals surface area contributed by atoms with Crippen LogP contribution < -0.4 is 10.6 Å². The van der Waals surface area contributed by atoms with E-state index in [1.54, 1.807) is 0 Å². The van der Waals surface area contributed by atoms with Gasteiger partial charge in [-0.25, -0.2) is 0 Å². The van der Waals surface area contributed by atoms with Gasteiger partial charge in [0.15, 0.2) is 0 Å². The van der Waals surface area contributed by atoms with Crippen LogP contribution in [-0.4, -0.2) is 13.1 Å². The lowest BCUT2D eigenvalue weighted by molar-refractivity contribution is 0.444. The summed E-state index contributed by atoms with van der Waals surface area (Å²) >= 11 is 0. The molecule has 0 radical (unpaired) electrons. The minimum Gasteiger partial charge on any atom is -0.369 e. The van der Waals surface area contributed by atoms with Crippen LogP contribution in [0.15, 0.2) is 54.6 Å². The first-order valence-corrected chi connectivity index (χ1v) is 7.73. The molecule has 2 atom stereocenters. The van der Waals surface area contributed by atoms with Gasteiger partial charge in [0.05, 0.1) is 5.54 Å². The maximum absolute atomic E-state index is 6.63. The molecule has 0 amide bonds. The zero-order valence-corrected chi connectivity index (χ0v) is 12.9. The van der Waals surface area contributed by atoms with Gasteiger partial charge in [0, 0.05) is 18.8 Å². The van der Waals surface area contributed by atoms with Crippen molar-refractivity contribution in [3.05, 3.63) is 65.7 Å². The van der Waals surface area contributed by atoms with Gasteiger partial charge in [-0.15, -0.1) is 0 Å². The van der Waals surface area contributed by atoms with Crippen LogP contribution in [0.4, 0.5) is 5.69 Å². The van der Waals surface area contributed by atoms with Crippen molar-refractivity contribution in [3.8, 4) is 0 Å². The highest BCUT2D eigenvalue weighted by molar-refractivity contribution is 5.56. The summed E-state index contributed by atoms with van der Waals surface area (Å²) in [5.74, 6) is 0.673. The molecule has 0 aromatic heterocycles. The third kappa shape index (κ3) is 2.96. The molecule has 2 aromatic carbocycles. The third-order valence-corrected chi connectivity index (χ3v) is 4.39. The average molecular weight is 280 g/mol. The zero-order chi connectivity index (χ0) is 14.9. The van der Waals surface area contributed by atoms with E-state index >= 15 is 0 Å². The molecule has 0 bridgehead atoms. The molecule has 1 heterocycles. The maximum atomic E-state index is 6.63. The number of rotatable bonds is 3. The van der Waals surface area contributed by atoms with E-state index in [1.807, 2.05) is 6.07 Å². The second-order valence-corrected chi connectivity index (χ2v) is 6.60. The smallest absolute Gasteiger partial charge is 0.0558 e. The van der Waals surface area contributed by atoms with E-state index in [0.29, 0.717) is 5.92 Å². The summed E-state index contributed by atoms with van der Waals surface area (Å²) in [5.41, 5.74) is 10.3. The first-order valence-electron chi connectivity index (χ1n) is 7.73. The number of hydrogen-bond acceptors (Lipinski definition) is 2. The predicted molar refractivity (Wildman–Crippen MR) is 89.5 cm³/mol. The highest BCUT2D eigenvalue weighted by Crippen LogP contribution is 2.31. The molecule has 1 aliphatic heterocycles. The summed E-state index contributed by atoms with van der Waals surface area (Å²) in [4.78, 5) is 2.45. The van der Waals surface area contributed by atoms with Crippen LogP contribution in [0.3, 0.4) is 0 Å². The maximum Gasteiger partial charge on any atom is 0.0558 e. The van der Waals surface area contributed by atoms with E-state index in [0.717, 1.165) is 13.1 Å². The van der Waals surface area contributed by atoms with E-state index in [4.69, 9.17) is 5.73 Å². The largest absolute Gasteiger partial charge is 0.369 e. The third-order valence-electron chi connectivity index (χ3n) is 4.39. The van der Waals surface area contributed by atoms with E-state index in [9.17, 15) is 0 Å². The van der Waals surface area contributed by atoms with Crippen LogP contribution in [-0.2, 0) is 12.0 Å². The Bertz CT molecular complexity index is 604. The Balaban J connectivity index is 1.88. The summed E-state index contributed by atoms with van der Waals surface area (Å²) in [6.45, 7) is 6.37. The Morgan fingerprint density at radius 3 is 2.52 bits per heavy atom. The lowest BCUT2D eigenvalue weighted by Gasteiger charge is -2.40. The SMILES string of the molecule is CC1Cc2ccccc2N(CC(C)(N)c2ccccc2)C1. The first-order chi connectivity index (χ1) is 10.1. The van der Waals surface area contributed by atoms with Crippen molar-refractivity contribution >= 4 is 5.69 Å². The monoisotopic (exact) mass is 280 g/mol. The Kier molecular flexibility index (Phi) is 3.73. The Morgan fingerprint density at radius 1 is 1.10 bits per heavy atom. The summed E-state index contributed by atoms with van der Waals surface area (Å²) in [6.07, 6.45) is 1.17. The fourth-order valence-electron chi connectivity index (χ4n) is 3.36. The first kappa shape index (κ1) is 14.2. The minimum atomic E-state index is -0.342. The van der Waals surface area contributed by atoms with Crippen molar-refractivity contribution in [3.63, 3.8) is 0 Å². The molecule has 2 aromatic rings. The summed E-state index contributed by atoms with van der Waals surface area (Å²) in [5, 5.41) is 0. The lowest BCUT2D eigenvalue weighted by atomic mass is 9.89. The molecule has 2 heteroatoms. The van der Waals surface area contributed by atoms with Gasteiger partial charge in [0.25, 0.3) is 0 Å². The highest BCUT2D eigenvalue weighted by atomic mass is 15.2. The zero-order valence-electron chi connectivity index (χ0n) is 12.9. The van der Waals surface area contributed by atoms with Gasteiger partial charge in [0.1, 0.15) is 0 Å². The molecular weight excluding hydrogens is 256 g/mol. The van der Waals surface area contributed by atoms with Crippen molar-refractivity contribution in [2.45, 2.75) is 25.8 Å². The molecule has 0 aliphatic carbocycles. The van der Waals surface area contributed by atoms with Crippen LogP contribution in [0, 0.1) is 5.92 Å². The number of anilines is 1. The van der Waals surface area contributed by atoms with Gasteiger partial charge >= 0.3 is 0 Å². The number of fused-ring (bicyclic) bond motifs is 1. The van der Waals surface area contributed by atoms with E-state index < -0.39 is 0 Å². The van der Waals surface area contributed by atoms with Crippen molar-refractivity contribution in [2.75, 3.05) is 18.0 Å². The summed E-state index contributed by atoms with van der Waals surface area (Å²) in [7, 11) is 0. The van der Waals surface area contributed by atoms with Crippen molar-refractivity contribution in [2.24, 2.45) is 11.7 Å². The Labute approximate surface area is 127 Å². The van der Waals surface area contributed by atoms with Crippen molar-refractivity contribution in [1.29, 1.82) is 0 Å². The average Bonchev–Trinajstić information content (AvgIpc) is 2.47. The molecule has 0 spiro atoms. The normalized spacial score (nSPS) is 20.7. The van der Waals surface area contributed by atoms with Gasteiger partial charge in [-0.1, -0.05) is 55.5 Å². The molecule has 2 unspecified atom stereocenters. The van der Waals surface area contributed by atoms with Crippen molar-refractivity contribution < 1.29 is 0 Å². The molecule has 3 rings (SSSR count). The van der Waals surface area contributed by atoms with Crippen LogP contribution >= 0.6 is 0 Å². The summed E-state index contributed by atoms with van der Waals surface area (Å²) in [6, 6.07) is 19.1. The van der Waals surface area contributed by atoms with Crippen LogP contribution in [0.25, 0.3) is 0 Å². The lowest BCUT2D eigenvalue weighted by Crippen LogP contribution is -2.48. The summed E-state index contributed by atoms with van der Waals surface area (Å²) < 4.78 is 0. The van der Waals surface area contributed by atoms with Crippen LogP contribution in [0.2, 0.25) is 0 Å². The van der Waals surface area contributed by atoms with E-state index in [-0.39, 0.29) is 5.54 Å². The number of hydrogen-bond donors (Lipinski definition) is 1. The Hall–Kier alpha value is -1.80. The number of nitrogens with zero attached hydrogens (tertiary/aromatic N) is 1. The quantitative estimate of drug-likeness (QED) is 0.931. The molecule has 110 valence electrons. The van der Waals surface area contributed by atoms with Gasteiger partial charge in [-0.3, -0.25) is 0 Å². The fraction of sp³-hybridized carbons (Fsp3) is 0.368. The molecular formula is C19H24N2. The molecule has 21 heavy (non-hydrogen) atoms. The number of nitrogens with two attached hydrogens (primary N) is 1. The van der Waals surface area contributed by atoms with E-state index in [2.05, 4.69) is 67.3 Å². The van der Waals surface area contributed by atoms with Gasteiger partial charge < -0.3 is 10.6 Å². The Morgan fingerprint density at radius 2 is 1.76 bits per heavy atom. The number of para-hydroxylation sites is 1. The fourth-order valence-corrected chi connectivity index (χ4v) is 3.36. The van der Waals surface area contributed by atoms with Gasteiger partial charge in [-0.2, -0.15) is 0 Å². The molecule has 0 saturated heterocycles. The second kappa shape index (κ2) is 5.53. The predicted octanol–water partition coefficient (Wildman–Crippen LogP) is 3.56. The molecule has 1 aliphatic rings. The molecule has 2 N–H and O–H groups in total. The molecule has 2 nitrogen and oxygen atoms in total. The highest BCUT2D eigenvalue weighted by Gasteiger charge is 2.28. The van der Waals surface area contributed by atoms with Gasteiger partial charge in [-0.05, 0) is 36.5 Å². The number of benzene rings is 2. The molecule has 0 fully saturated rings. The van der Waals surface area contributed by atoms with Crippen LogP contribution in [0.5, 0.6) is 0 Å². The molecule has 0 saturated carbocycles. The van der Waals surface area contributed by atoms with E-state index in [1.165, 1.54) is 23.2 Å². The standard InChI is InChI=1S/C19H24N2/c1-15-12-16-8-6-7-11-18(16)21(13-15)14-19(2,20)17-9-4-3-5-10-17/h3-11,15H,12-14,20H2,1-2H3. The van der Waals surface area contributed by atoms with Crippen molar-refractivity contribution in [1.82, 2.24) is 0 Å². The topological polar surface area (TPSA) is 29.3 Å². The van der Waals surface area contributed by atoms with Crippen LogP contribution in [0.1, 0.15) is 25.0 Å².